The van der Waals surface area contributed by atoms with Crippen molar-refractivity contribution in [2.45, 2.75) is 76.3 Å². The summed E-state index contributed by atoms with van der Waals surface area (Å²) in [5, 5.41) is 8.30. The number of carbonyl (C=O) groups excluding carboxylic acids is 3. The van der Waals surface area contributed by atoms with Gasteiger partial charge in [-0.2, -0.15) is 0 Å². The van der Waals surface area contributed by atoms with Crippen molar-refractivity contribution in [1.82, 2.24) is 16.0 Å². The first kappa shape index (κ1) is 23.8. The van der Waals surface area contributed by atoms with Crippen LogP contribution in [0.25, 0.3) is 11.1 Å². The molecule has 2 saturated carbocycles. The predicted octanol–water partition coefficient (Wildman–Crippen LogP) is 5.55. The summed E-state index contributed by atoms with van der Waals surface area (Å²) in [5.41, 5.74) is 1.72. The summed E-state index contributed by atoms with van der Waals surface area (Å²) < 4.78 is 5.53. The maximum absolute atomic E-state index is 13.0. The first-order valence-corrected chi connectivity index (χ1v) is 12.4. The van der Waals surface area contributed by atoms with E-state index in [2.05, 4.69) is 16.0 Å². The van der Waals surface area contributed by atoms with Crippen LogP contribution < -0.4 is 20.7 Å². The Labute approximate surface area is 200 Å². The van der Waals surface area contributed by atoms with Crippen LogP contribution in [0.1, 0.15) is 74.6 Å². The number of amides is 4. The zero-order chi connectivity index (χ0) is 23.8. The fourth-order valence-corrected chi connectivity index (χ4v) is 4.83. The van der Waals surface area contributed by atoms with Crippen LogP contribution >= 0.6 is 0 Å². The summed E-state index contributed by atoms with van der Waals surface area (Å²) in [6.07, 6.45) is 10.1. The lowest BCUT2D eigenvalue weighted by Gasteiger charge is -2.23. The van der Waals surface area contributed by atoms with E-state index in [9.17, 15) is 14.4 Å². The third-order valence-corrected chi connectivity index (χ3v) is 6.63. The number of urea groups is 1. The summed E-state index contributed by atoms with van der Waals surface area (Å²) in [6, 6.07) is 14.0. The molecule has 7 heteroatoms. The first-order valence-electron chi connectivity index (χ1n) is 12.4. The average molecular weight is 464 g/mol. The van der Waals surface area contributed by atoms with Crippen LogP contribution in [0.15, 0.2) is 48.5 Å². The van der Waals surface area contributed by atoms with Crippen molar-refractivity contribution < 1.29 is 19.1 Å². The lowest BCUT2D eigenvalue weighted by molar-refractivity contribution is 0.0963. The van der Waals surface area contributed by atoms with E-state index in [-0.39, 0.29) is 12.1 Å². The molecule has 2 fully saturated rings. The van der Waals surface area contributed by atoms with E-state index in [0.717, 1.165) is 56.9 Å². The number of nitrogens with one attached hydrogen (secondary N) is 3. The lowest BCUT2D eigenvalue weighted by Crippen LogP contribution is -2.45. The van der Waals surface area contributed by atoms with Gasteiger partial charge in [0.05, 0.1) is 0 Å². The molecule has 0 bridgehead atoms. The van der Waals surface area contributed by atoms with E-state index in [1.807, 2.05) is 30.3 Å². The first-order chi connectivity index (χ1) is 16.6. The molecule has 2 aliphatic carbocycles. The molecule has 4 rings (SSSR count). The van der Waals surface area contributed by atoms with Gasteiger partial charge in [0.15, 0.2) is 0 Å². The Morgan fingerprint density at radius 2 is 1.35 bits per heavy atom. The van der Waals surface area contributed by atoms with Gasteiger partial charge in [0.25, 0.3) is 5.91 Å². The maximum Gasteiger partial charge on any atom is 0.412 e. The van der Waals surface area contributed by atoms with E-state index >= 15 is 0 Å². The van der Waals surface area contributed by atoms with Crippen molar-refractivity contribution in [3.05, 3.63) is 54.1 Å². The minimum atomic E-state index is -0.495. The minimum absolute atomic E-state index is 0.105. The molecular formula is C27H33N3O4. The monoisotopic (exact) mass is 463 g/mol. The fraction of sp³-hybridized carbons (Fsp3) is 0.444. The van der Waals surface area contributed by atoms with Crippen molar-refractivity contribution in [3.63, 3.8) is 0 Å². The molecule has 0 aliphatic heterocycles. The zero-order valence-electron chi connectivity index (χ0n) is 19.5. The Kier molecular flexibility index (Phi) is 8.17. The molecule has 0 radical (unpaired) electrons. The second kappa shape index (κ2) is 11.7. The lowest BCUT2D eigenvalue weighted by atomic mass is 9.96. The molecule has 4 amide bonds. The highest BCUT2D eigenvalue weighted by atomic mass is 16.6. The number of ether oxygens (including phenoxy) is 1. The van der Waals surface area contributed by atoms with Crippen molar-refractivity contribution in [3.8, 4) is 16.9 Å². The van der Waals surface area contributed by atoms with Crippen LogP contribution in [0, 0.1) is 0 Å². The van der Waals surface area contributed by atoms with Gasteiger partial charge < -0.3 is 15.4 Å². The van der Waals surface area contributed by atoms with Crippen LogP contribution in [-0.4, -0.2) is 30.1 Å². The largest absolute Gasteiger partial charge is 0.412 e. The van der Waals surface area contributed by atoms with Crippen LogP contribution in [-0.2, 0) is 0 Å². The standard InChI is InChI=1S/C27H33N3O4/c31-25(30-26(32)28-20-12-6-2-7-13-20)23-17-16-22(18-24(23)19-10-4-1-5-11-19)34-27(33)29-21-14-8-3-9-15-21/h1,4-5,10-11,16-18,20-21H,2-3,6-9,12-15H2,(H,29,33)(H2,28,30,31,32). The van der Waals surface area contributed by atoms with Gasteiger partial charge in [0, 0.05) is 17.6 Å². The predicted molar refractivity (Wildman–Crippen MR) is 131 cm³/mol. The number of rotatable bonds is 5. The van der Waals surface area contributed by atoms with Crippen molar-refractivity contribution in [1.29, 1.82) is 0 Å². The highest BCUT2D eigenvalue weighted by Crippen LogP contribution is 2.28. The van der Waals surface area contributed by atoms with E-state index in [1.54, 1.807) is 18.2 Å². The molecule has 7 nitrogen and oxygen atoms in total. The van der Waals surface area contributed by atoms with Crippen molar-refractivity contribution in [2.75, 3.05) is 0 Å². The third-order valence-electron chi connectivity index (χ3n) is 6.63. The molecule has 34 heavy (non-hydrogen) atoms. The molecule has 0 unspecified atom stereocenters. The maximum atomic E-state index is 13.0. The van der Waals surface area contributed by atoms with Crippen LogP contribution in [0.4, 0.5) is 9.59 Å². The molecule has 2 aromatic rings. The van der Waals surface area contributed by atoms with Gasteiger partial charge in [-0.25, -0.2) is 9.59 Å². The fourth-order valence-electron chi connectivity index (χ4n) is 4.83. The zero-order valence-corrected chi connectivity index (χ0v) is 19.5. The topological polar surface area (TPSA) is 96.5 Å². The number of benzene rings is 2. The highest BCUT2D eigenvalue weighted by molar-refractivity contribution is 6.08. The molecule has 180 valence electrons. The number of hydrogen-bond acceptors (Lipinski definition) is 4. The van der Waals surface area contributed by atoms with Gasteiger partial charge in [0.1, 0.15) is 5.75 Å². The van der Waals surface area contributed by atoms with Crippen molar-refractivity contribution in [2.24, 2.45) is 0 Å². The normalized spacial score (nSPS) is 16.9. The van der Waals surface area contributed by atoms with Crippen molar-refractivity contribution >= 4 is 18.0 Å². The molecular weight excluding hydrogens is 430 g/mol. The third kappa shape index (κ3) is 6.59. The summed E-state index contributed by atoms with van der Waals surface area (Å²) in [7, 11) is 0. The Bertz CT molecular complexity index is 996. The van der Waals surface area contributed by atoms with Gasteiger partial charge >= 0.3 is 12.1 Å². The SMILES string of the molecule is O=C(NC(=O)c1ccc(OC(=O)NC2CCCCC2)cc1-c1ccccc1)NC1CCCCC1. The Morgan fingerprint density at radius 3 is 2.00 bits per heavy atom. The number of imide groups is 1. The van der Waals surface area contributed by atoms with E-state index in [1.165, 1.54) is 12.8 Å². The Balaban J connectivity index is 1.47. The summed E-state index contributed by atoms with van der Waals surface area (Å²) in [6.45, 7) is 0. The summed E-state index contributed by atoms with van der Waals surface area (Å²) >= 11 is 0. The molecule has 0 heterocycles. The number of hydrogen-bond donors (Lipinski definition) is 3. The minimum Gasteiger partial charge on any atom is -0.410 e. The van der Waals surface area contributed by atoms with Gasteiger partial charge in [-0.05, 0) is 55.0 Å². The molecule has 0 aromatic heterocycles. The van der Waals surface area contributed by atoms with E-state index in [4.69, 9.17) is 4.74 Å². The Morgan fingerprint density at radius 1 is 0.735 bits per heavy atom. The van der Waals surface area contributed by atoms with E-state index < -0.39 is 18.0 Å². The van der Waals surface area contributed by atoms with Gasteiger partial charge in [-0.3, -0.25) is 10.1 Å². The summed E-state index contributed by atoms with van der Waals surface area (Å²) in [5.74, 6) is -0.152. The molecule has 0 spiro atoms. The quantitative estimate of drug-likeness (QED) is 0.542. The second-order valence-corrected chi connectivity index (χ2v) is 9.20. The summed E-state index contributed by atoms with van der Waals surface area (Å²) in [4.78, 5) is 37.8. The molecule has 0 atom stereocenters. The van der Waals surface area contributed by atoms with E-state index in [0.29, 0.717) is 16.9 Å². The highest BCUT2D eigenvalue weighted by Gasteiger charge is 2.21. The molecule has 2 aliphatic rings. The second-order valence-electron chi connectivity index (χ2n) is 9.20. The van der Waals surface area contributed by atoms with Gasteiger partial charge in [-0.1, -0.05) is 68.9 Å². The van der Waals surface area contributed by atoms with Crippen LogP contribution in [0.2, 0.25) is 0 Å². The van der Waals surface area contributed by atoms with Crippen LogP contribution in [0.5, 0.6) is 5.75 Å². The smallest absolute Gasteiger partial charge is 0.410 e. The van der Waals surface area contributed by atoms with Crippen LogP contribution in [0.3, 0.4) is 0 Å². The number of carbonyl (C=O) groups is 3. The Hall–Kier alpha value is -3.35. The van der Waals surface area contributed by atoms with Gasteiger partial charge in [0.2, 0.25) is 0 Å². The molecule has 0 saturated heterocycles. The molecule has 2 aromatic carbocycles. The van der Waals surface area contributed by atoms with Gasteiger partial charge in [-0.15, -0.1) is 0 Å². The average Bonchev–Trinajstić information content (AvgIpc) is 2.85. The molecule has 3 N–H and O–H groups in total.